The highest BCUT2D eigenvalue weighted by Gasteiger charge is 2.27. The second kappa shape index (κ2) is 2.51. The molecule has 1 aliphatic carbocycles. The molecule has 0 saturated heterocycles. The van der Waals surface area contributed by atoms with Crippen LogP contribution in [0.1, 0.15) is 34.6 Å². The number of allylic oxidation sites excluding steroid dienone is 4. The Bertz CT molecular complexity index is 216. The smallest absolute Gasteiger partial charge is 0.0109 e. The van der Waals surface area contributed by atoms with E-state index in [0.29, 0.717) is 11.3 Å². The van der Waals surface area contributed by atoms with Gasteiger partial charge in [-0.25, -0.2) is 0 Å². The van der Waals surface area contributed by atoms with Gasteiger partial charge in [0.2, 0.25) is 0 Å². The van der Waals surface area contributed by atoms with E-state index in [0.717, 1.165) is 0 Å². The molecule has 0 N–H and O–H groups in total. The standard InChI is InChI=1S/C11H18/c1-8-6-7-11(4,5)10(3)9(8)2/h6-7,10H,1-5H3. The van der Waals surface area contributed by atoms with Gasteiger partial charge in [-0.2, -0.15) is 0 Å². The minimum Gasteiger partial charge on any atom is -0.0780 e. The van der Waals surface area contributed by atoms with Gasteiger partial charge < -0.3 is 0 Å². The summed E-state index contributed by atoms with van der Waals surface area (Å²) in [6, 6.07) is 0. The molecule has 0 aliphatic heterocycles. The molecule has 0 fully saturated rings. The van der Waals surface area contributed by atoms with Crippen molar-refractivity contribution in [2.45, 2.75) is 34.6 Å². The first-order chi connectivity index (χ1) is 4.95. The summed E-state index contributed by atoms with van der Waals surface area (Å²) in [6.45, 7) is 11.3. The van der Waals surface area contributed by atoms with Gasteiger partial charge in [-0.1, -0.05) is 44.1 Å². The molecule has 0 aromatic carbocycles. The van der Waals surface area contributed by atoms with Crippen molar-refractivity contribution in [2.24, 2.45) is 11.3 Å². The molecule has 0 radical (unpaired) electrons. The fourth-order valence-corrected chi connectivity index (χ4v) is 1.52. The third-order valence-corrected chi connectivity index (χ3v) is 3.15. The lowest BCUT2D eigenvalue weighted by molar-refractivity contribution is 0.344. The third kappa shape index (κ3) is 1.40. The lowest BCUT2D eigenvalue weighted by Crippen LogP contribution is -2.23. The topological polar surface area (TPSA) is 0 Å². The highest BCUT2D eigenvalue weighted by molar-refractivity contribution is 5.31. The third-order valence-electron chi connectivity index (χ3n) is 3.15. The van der Waals surface area contributed by atoms with Gasteiger partial charge in [0.25, 0.3) is 0 Å². The van der Waals surface area contributed by atoms with E-state index in [9.17, 15) is 0 Å². The molecule has 0 aromatic rings. The van der Waals surface area contributed by atoms with Crippen LogP contribution in [0.25, 0.3) is 0 Å². The zero-order valence-electron chi connectivity index (χ0n) is 8.23. The number of hydrogen-bond acceptors (Lipinski definition) is 0. The summed E-state index contributed by atoms with van der Waals surface area (Å²) >= 11 is 0. The molecular weight excluding hydrogens is 132 g/mol. The van der Waals surface area contributed by atoms with Crippen LogP contribution in [0.2, 0.25) is 0 Å². The van der Waals surface area contributed by atoms with Crippen LogP contribution in [-0.4, -0.2) is 0 Å². The second-order valence-corrected chi connectivity index (χ2v) is 4.24. The summed E-state index contributed by atoms with van der Waals surface area (Å²) in [5.74, 6) is 0.687. The predicted molar refractivity (Wildman–Crippen MR) is 50.5 cm³/mol. The van der Waals surface area contributed by atoms with E-state index in [4.69, 9.17) is 0 Å². The van der Waals surface area contributed by atoms with Crippen molar-refractivity contribution in [3.8, 4) is 0 Å². The molecule has 1 unspecified atom stereocenters. The molecule has 0 heterocycles. The van der Waals surface area contributed by atoms with Gasteiger partial charge in [0, 0.05) is 0 Å². The van der Waals surface area contributed by atoms with Crippen LogP contribution < -0.4 is 0 Å². The summed E-state index contributed by atoms with van der Waals surface area (Å²) in [6.07, 6.45) is 4.56. The Kier molecular flexibility index (Phi) is 1.96. The maximum atomic E-state index is 2.32. The first-order valence-electron chi connectivity index (χ1n) is 4.32. The SMILES string of the molecule is CC1=C(C)C(C)C(C)(C)C=C1. The monoisotopic (exact) mass is 150 g/mol. The Morgan fingerprint density at radius 2 is 1.82 bits per heavy atom. The van der Waals surface area contributed by atoms with Gasteiger partial charge >= 0.3 is 0 Å². The molecule has 0 saturated carbocycles. The second-order valence-electron chi connectivity index (χ2n) is 4.24. The van der Waals surface area contributed by atoms with E-state index >= 15 is 0 Å². The zero-order valence-corrected chi connectivity index (χ0v) is 8.23. The molecule has 0 spiro atoms. The largest absolute Gasteiger partial charge is 0.0780 e. The Morgan fingerprint density at radius 1 is 1.27 bits per heavy atom. The number of hydrogen-bond donors (Lipinski definition) is 0. The van der Waals surface area contributed by atoms with Crippen molar-refractivity contribution >= 4 is 0 Å². The van der Waals surface area contributed by atoms with Crippen molar-refractivity contribution < 1.29 is 0 Å². The summed E-state index contributed by atoms with van der Waals surface area (Å²) in [4.78, 5) is 0. The lowest BCUT2D eigenvalue weighted by atomic mass is 9.72. The van der Waals surface area contributed by atoms with E-state index in [1.165, 1.54) is 11.1 Å². The predicted octanol–water partition coefficient (Wildman–Crippen LogP) is 3.55. The van der Waals surface area contributed by atoms with Gasteiger partial charge in [0.05, 0.1) is 0 Å². The molecule has 0 aromatic heterocycles. The van der Waals surface area contributed by atoms with E-state index in [1.54, 1.807) is 0 Å². The fraction of sp³-hybridized carbons (Fsp3) is 0.636. The van der Waals surface area contributed by atoms with Crippen molar-refractivity contribution in [2.75, 3.05) is 0 Å². The van der Waals surface area contributed by atoms with Crippen LogP contribution in [0.15, 0.2) is 23.3 Å². The Hall–Kier alpha value is -0.520. The van der Waals surface area contributed by atoms with E-state index in [-0.39, 0.29) is 0 Å². The first kappa shape index (κ1) is 8.58. The fourth-order valence-electron chi connectivity index (χ4n) is 1.52. The van der Waals surface area contributed by atoms with Crippen molar-refractivity contribution in [1.82, 2.24) is 0 Å². The van der Waals surface area contributed by atoms with Crippen LogP contribution in [0.4, 0.5) is 0 Å². The van der Waals surface area contributed by atoms with Crippen LogP contribution in [-0.2, 0) is 0 Å². The average Bonchev–Trinajstić information content (AvgIpc) is 1.95. The molecule has 1 rings (SSSR count). The summed E-state index contributed by atoms with van der Waals surface area (Å²) in [5.41, 5.74) is 3.33. The van der Waals surface area contributed by atoms with E-state index < -0.39 is 0 Å². The minimum atomic E-state index is 0.351. The molecule has 0 heteroatoms. The van der Waals surface area contributed by atoms with E-state index in [1.807, 2.05) is 0 Å². The normalized spacial score (nSPS) is 29.4. The maximum Gasteiger partial charge on any atom is -0.0109 e. The highest BCUT2D eigenvalue weighted by Crippen LogP contribution is 2.38. The summed E-state index contributed by atoms with van der Waals surface area (Å²) in [7, 11) is 0. The summed E-state index contributed by atoms with van der Waals surface area (Å²) in [5, 5.41) is 0. The Morgan fingerprint density at radius 3 is 2.27 bits per heavy atom. The van der Waals surface area contributed by atoms with Crippen molar-refractivity contribution in [3.05, 3.63) is 23.3 Å². The molecule has 11 heavy (non-hydrogen) atoms. The molecule has 0 bridgehead atoms. The quantitative estimate of drug-likeness (QED) is 0.495. The molecule has 1 aliphatic rings. The minimum absolute atomic E-state index is 0.351. The molecule has 62 valence electrons. The maximum absolute atomic E-state index is 2.32. The van der Waals surface area contributed by atoms with Crippen LogP contribution in [0.3, 0.4) is 0 Å². The Labute approximate surface area is 70.0 Å². The van der Waals surface area contributed by atoms with Gasteiger partial charge in [-0.15, -0.1) is 0 Å². The van der Waals surface area contributed by atoms with Crippen LogP contribution in [0.5, 0.6) is 0 Å². The number of rotatable bonds is 0. The molecular formula is C11H18. The van der Waals surface area contributed by atoms with Crippen LogP contribution in [0, 0.1) is 11.3 Å². The first-order valence-corrected chi connectivity index (χ1v) is 4.32. The zero-order chi connectivity index (χ0) is 8.65. The van der Waals surface area contributed by atoms with Gasteiger partial charge in [0.1, 0.15) is 0 Å². The van der Waals surface area contributed by atoms with Gasteiger partial charge in [0.15, 0.2) is 0 Å². The van der Waals surface area contributed by atoms with Crippen LogP contribution >= 0.6 is 0 Å². The average molecular weight is 150 g/mol. The van der Waals surface area contributed by atoms with Crippen molar-refractivity contribution in [3.63, 3.8) is 0 Å². The summed E-state index contributed by atoms with van der Waals surface area (Å²) < 4.78 is 0. The van der Waals surface area contributed by atoms with E-state index in [2.05, 4.69) is 46.8 Å². The van der Waals surface area contributed by atoms with Crippen molar-refractivity contribution in [1.29, 1.82) is 0 Å². The van der Waals surface area contributed by atoms with Gasteiger partial charge in [-0.05, 0) is 25.2 Å². The molecule has 1 atom stereocenters. The lowest BCUT2D eigenvalue weighted by Gasteiger charge is -2.33. The Balaban J connectivity index is 3.01. The highest BCUT2D eigenvalue weighted by atomic mass is 14.3. The molecule has 0 nitrogen and oxygen atoms in total. The molecule has 0 amide bonds. The van der Waals surface area contributed by atoms with Gasteiger partial charge in [-0.3, -0.25) is 0 Å².